The fraction of sp³-hybridized carbons (Fsp3) is 0.560. The van der Waals surface area contributed by atoms with Gasteiger partial charge in [0.25, 0.3) is 0 Å². The number of rotatable bonds is 8. The van der Waals surface area contributed by atoms with Gasteiger partial charge in [0.1, 0.15) is 11.3 Å². The highest BCUT2D eigenvalue weighted by atomic mass is 35.5. The van der Waals surface area contributed by atoms with E-state index in [9.17, 15) is 21.6 Å². The number of aromatic nitrogens is 4. The molecule has 2 aromatic heterocycles. The van der Waals surface area contributed by atoms with Crippen molar-refractivity contribution in [1.82, 2.24) is 29.4 Å². The van der Waals surface area contributed by atoms with E-state index in [0.717, 1.165) is 45.3 Å². The van der Waals surface area contributed by atoms with Crippen LogP contribution >= 0.6 is 23.2 Å². The molecule has 0 bridgehead atoms. The third-order valence-electron chi connectivity index (χ3n) is 7.67. The Morgan fingerprint density at radius 2 is 1.93 bits per heavy atom. The zero-order valence-electron chi connectivity index (χ0n) is 22.0. The van der Waals surface area contributed by atoms with Crippen LogP contribution in [0, 0.1) is 11.8 Å². The van der Waals surface area contributed by atoms with Gasteiger partial charge in [-0.3, -0.25) is 0 Å². The molecule has 15 heteroatoms. The second-order valence-electron chi connectivity index (χ2n) is 10.6. The highest BCUT2D eigenvalue weighted by Gasteiger charge is 2.40. The normalized spacial score (nSPS) is 20.2. The summed E-state index contributed by atoms with van der Waals surface area (Å²) in [6.07, 6.45) is -0.0469. The minimum absolute atomic E-state index is 0.0361. The fourth-order valence-corrected chi connectivity index (χ4v) is 6.58. The van der Waals surface area contributed by atoms with E-state index in [4.69, 9.17) is 23.2 Å². The molecule has 2 fully saturated rings. The van der Waals surface area contributed by atoms with Gasteiger partial charge < -0.3 is 9.80 Å². The van der Waals surface area contributed by atoms with Crippen LogP contribution in [0.25, 0.3) is 11.2 Å². The van der Waals surface area contributed by atoms with Crippen LogP contribution in [-0.2, 0) is 16.2 Å². The summed E-state index contributed by atoms with van der Waals surface area (Å²) >= 11 is 12.4. The van der Waals surface area contributed by atoms with E-state index in [1.54, 1.807) is 19.1 Å². The molecule has 3 aromatic rings. The minimum atomic E-state index is -4.70. The molecule has 0 saturated carbocycles. The van der Waals surface area contributed by atoms with Gasteiger partial charge in [0, 0.05) is 42.8 Å². The molecule has 218 valence electrons. The summed E-state index contributed by atoms with van der Waals surface area (Å²) in [5.41, 5.74) is -0.800. The van der Waals surface area contributed by atoms with Crippen LogP contribution in [0.5, 0.6) is 0 Å². The highest BCUT2D eigenvalue weighted by molar-refractivity contribution is 7.88. The molecule has 2 unspecified atom stereocenters. The SMILES string of the molecule is CC(c1ccc(Cl)cc1Cl)n1nc(C(F)(F)F)c2ncc(N3CC(C4CCCN(CCNS(C)(=O)=O)C4)C3)nc21. The summed E-state index contributed by atoms with van der Waals surface area (Å²) < 4.78 is 68.0. The van der Waals surface area contributed by atoms with Crippen molar-refractivity contribution in [3.05, 3.63) is 45.7 Å². The van der Waals surface area contributed by atoms with Crippen molar-refractivity contribution in [2.75, 3.05) is 50.4 Å². The molecule has 2 saturated heterocycles. The number of nitrogens with zero attached hydrogens (tertiary/aromatic N) is 6. The summed E-state index contributed by atoms with van der Waals surface area (Å²) in [4.78, 5) is 13.1. The van der Waals surface area contributed by atoms with Crippen molar-refractivity contribution in [3.8, 4) is 0 Å². The van der Waals surface area contributed by atoms with Gasteiger partial charge in [0.2, 0.25) is 10.0 Å². The van der Waals surface area contributed by atoms with E-state index in [1.165, 1.54) is 16.9 Å². The molecule has 2 atom stereocenters. The molecule has 0 amide bonds. The first-order valence-electron chi connectivity index (χ1n) is 13.0. The molecule has 1 aromatic carbocycles. The maximum Gasteiger partial charge on any atom is 0.437 e. The number of hydrogen-bond acceptors (Lipinski definition) is 7. The van der Waals surface area contributed by atoms with Crippen LogP contribution in [0.2, 0.25) is 10.0 Å². The van der Waals surface area contributed by atoms with Crippen LogP contribution in [0.4, 0.5) is 19.0 Å². The van der Waals surface area contributed by atoms with Gasteiger partial charge in [-0.1, -0.05) is 29.3 Å². The molecule has 40 heavy (non-hydrogen) atoms. The lowest BCUT2D eigenvalue weighted by atomic mass is 9.80. The number of likely N-dealkylation sites (tertiary alicyclic amines) is 1. The number of benzene rings is 1. The lowest BCUT2D eigenvalue weighted by Crippen LogP contribution is -2.54. The summed E-state index contributed by atoms with van der Waals surface area (Å²) in [7, 11) is -3.21. The molecule has 0 radical (unpaired) electrons. The number of sulfonamides is 1. The molecule has 0 aliphatic carbocycles. The third kappa shape index (κ3) is 6.33. The molecular weight excluding hydrogens is 590 g/mol. The van der Waals surface area contributed by atoms with Crippen LogP contribution in [-0.4, -0.2) is 78.6 Å². The first-order chi connectivity index (χ1) is 18.8. The van der Waals surface area contributed by atoms with Gasteiger partial charge in [-0.2, -0.15) is 18.3 Å². The van der Waals surface area contributed by atoms with Gasteiger partial charge in [-0.25, -0.2) is 27.8 Å². The zero-order chi connectivity index (χ0) is 28.8. The quantitative estimate of drug-likeness (QED) is 0.398. The van der Waals surface area contributed by atoms with Gasteiger partial charge >= 0.3 is 6.18 Å². The maximum absolute atomic E-state index is 13.9. The minimum Gasteiger partial charge on any atom is -0.355 e. The summed E-state index contributed by atoms with van der Waals surface area (Å²) in [5, 5.41) is 4.63. The van der Waals surface area contributed by atoms with E-state index >= 15 is 0 Å². The second kappa shape index (κ2) is 11.2. The molecule has 9 nitrogen and oxygen atoms in total. The van der Waals surface area contributed by atoms with E-state index in [-0.39, 0.29) is 11.2 Å². The number of piperidine rings is 1. The lowest BCUT2D eigenvalue weighted by molar-refractivity contribution is -0.140. The standard InChI is InChI=1S/C25H30Cl2F3N7O2S/c1-15(19-6-5-18(26)10-20(19)27)37-24-22(23(34-37)25(28,29)30)31-11-21(33-24)36-13-17(14-36)16-4-3-8-35(12-16)9-7-32-40(2,38)39/h5-6,10-11,15-17,32H,3-4,7-9,12-14H2,1-2H3. The zero-order valence-corrected chi connectivity index (χ0v) is 24.3. The van der Waals surface area contributed by atoms with Crippen molar-refractivity contribution in [2.45, 2.75) is 32.0 Å². The van der Waals surface area contributed by atoms with Gasteiger partial charge in [0.15, 0.2) is 11.3 Å². The maximum atomic E-state index is 13.9. The Morgan fingerprint density at radius 3 is 2.60 bits per heavy atom. The number of anilines is 1. The predicted molar refractivity (Wildman–Crippen MR) is 148 cm³/mol. The van der Waals surface area contributed by atoms with Crippen molar-refractivity contribution in [3.63, 3.8) is 0 Å². The average molecular weight is 621 g/mol. The highest BCUT2D eigenvalue weighted by Crippen LogP contribution is 2.38. The Hall–Kier alpha value is -2.19. The summed E-state index contributed by atoms with van der Waals surface area (Å²) in [6.45, 7) is 6.00. The molecular formula is C25H30Cl2F3N7O2S. The third-order valence-corrected chi connectivity index (χ3v) is 8.96. The lowest BCUT2D eigenvalue weighted by Gasteiger charge is -2.47. The van der Waals surface area contributed by atoms with Crippen molar-refractivity contribution < 1.29 is 21.6 Å². The van der Waals surface area contributed by atoms with E-state index in [0.29, 0.717) is 46.4 Å². The van der Waals surface area contributed by atoms with Crippen LogP contribution in [0.3, 0.4) is 0 Å². The second-order valence-corrected chi connectivity index (χ2v) is 13.2. The Labute approximate surface area is 240 Å². The number of alkyl halides is 3. The topological polar surface area (TPSA) is 96.3 Å². The Kier molecular flexibility index (Phi) is 8.23. The smallest absolute Gasteiger partial charge is 0.355 e. The van der Waals surface area contributed by atoms with Crippen LogP contribution in [0.15, 0.2) is 24.4 Å². The van der Waals surface area contributed by atoms with Gasteiger partial charge in [-0.05, 0) is 55.8 Å². The van der Waals surface area contributed by atoms with Crippen molar-refractivity contribution in [1.29, 1.82) is 0 Å². The first-order valence-corrected chi connectivity index (χ1v) is 15.6. The number of halogens is 5. The predicted octanol–water partition coefficient (Wildman–Crippen LogP) is 4.46. The van der Waals surface area contributed by atoms with E-state index in [2.05, 4.69) is 24.7 Å². The Bertz CT molecular complexity index is 1500. The van der Waals surface area contributed by atoms with Crippen LogP contribution in [0.1, 0.15) is 37.1 Å². The van der Waals surface area contributed by atoms with Crippen molar-refractivity contribution >= 4 is 50.2 Å². The molecule has 1 N–H and O–H groups in total. The van der Waals surface area contributed by atoms with Gasteiger partial charge in [-0.15, -0.1) is 0 Å². The van der Waals surface area contributed by atoms with E-state index < -0.39 is 27.9 Å². The molecule has 0 spiro atoms. The summed E-state index contributed by atoms with van der Waals surface area (Å²) in [6, 6.07) is 4.18. The number of nitrogens with one attached hydrogen (secondary N) is 1. The Morgan fingerprint density at radius 1 is 1.18 bits per heavy atom. The van der Waals surface area contributed by atoms with Crippen molar-refractivity contribution in [2.24, 2.45) is 11.8 Å². The molecule has 2 aliphatic rings. The number of fused-ring (bicyclic) bond motifs is 1. The van der Waals surface area contributed by atoms with E-state index in [1.807, 2.05) is 4.90 Å². The van der Waals surface area contributed by atoms with Crippen LogP contribution < -0.4 is 9.62 Å². The molecule has 5 rings (SSSR count). The monoisotopic (exact) mass is 619 g/mol. The summed E-state index contributed by atoms with van der Waals surface area (Å²) in [5.74, 6) is 1.36. The molecule has 4 heterocycles. The van der Waals surface area contributed by atoms with Gasteiger partial charge in [0.05, 0.1) is 18.5 Å². The number of hydrogen-bond donors (Lipinski definition) is 1. The largest absolute Gasteiger partial charge is 0.437 e. The molecule has 2 aliphatic heterocycles. The first kappa shape index (κ1) is 29.3. The average Bonchev–Trinajstić information content (AvgIpc) is 3.22. The Balaban J connectivity index is 1.33. The fourth-order valence-electron chi connectivity index (χ4n) is 5.55.